The fraction of sp³-hybridized carbons (Fsp3) is 0.600. The highest BCUT2D eigenvalue weighted by molar-refractivity contribution is 9.11. The fourth-order valence-corrected chi connectivity index (χ4v) is 2.89. The summed E-state index contributed by atoms with van der Waals surface area (Å²) < 4.78 is 1.23. The summed E-state index contributed by atoms with van der Waals surface area (Å²) in [4.78, 5) is 4.57. The third-order valence-corrected chi connectivity index (χ3v) is 3.78. The lowest BCUT2D eigenvalue weighted by atomic mass is 10.4. The van der Waals surface area contributed by atoms with Crippen LogP contribution in [0.5, 0.6) is 0 Å². The number of likely N-dealkylation sites (N-methyl/N-ethyl adjacent to an activating group) is 2. The smallest absolute Gasteiger partial charge is 0.127 e. The van der Waals surface area contributed by atoms with E-state index in [0.29, 0.717) is 0 Å². The first-order valence-corrected chi connectivity index (χ1v) is 6.53. The molecule has 0 saturated carbocycles. The second-order valence-corrected chi connectivity index (χ2v) is 6.59. The van der Waals surface area contributed by atoms with Crippen molar-refractivity contribution in [2.75, 3.05) is 34.2 Å². The van der Waals surface area contributed by atoms with Gasteiger partial charge >= 0.3 is 0 Å². The van der Waals surface area contributed by atoms with Crippen LogP contribution in [-0.2, 0) is 6.54 Å². The van der Waals surface area contributed by atoms with E-state index in [1.165, 1.54) is 26.7 Å². The van der Waals surface area contributed by atoms with E-state index in [1.807, 2.05) is 11.3 Å². The van der Waals surface area contributed by atoms with Crippen molar-refractivity contribution < 1.29 is 9.80 Å². The standard InChI is InChI=1S/C10H17BrN2S/c1-12(2)6-7-13(3)8-9-4-5-10(11)14-9/h4-5H,6-8H2,1-3H3/p+2. The highest BCUT2D eigenvalue weighted by Gasteiger charge is 2.07. The van der Waals surface area contributed by atoms with Crippen molar-refractivity contribution in [3.05, 3.63) is 20.8 Å². The second-order valence-electron chi connectivity index (χ2n) is 4.05. The quantitative estimate of drug-likeness (QED) is 0.730. The number of halogens is 1. The molecule has 2 N–H and O–H groups in total. The molecule has 0 spiro atoms. The lowest BCUT2D eigenvalue weighted by molar-refractivity contribution is -0.937. The third kappa shape index (κ3) is 4.55. The first-order chi connectivity index (χ1) is 6.58. The molecule has 1 aromatic rings. The monoisotopic (exact) mass is 278 g/mol. The molecule has 0 aliphatic carbocycles. The van der Waals surface area contributed by atoms with E-state index < -0.39 is 0 Å². The molecule has 1 aromatic heterocycles. The van der Waals surface area contributed by atoms with Crippen LogP contribution in [0.2, 0.25) is 0 Å². The maximum atomic E-state index is 3.49. The zero-order valence-electron chi connectivity index (χ0n) is 9.06. The summed E-state index contributed by atoms with van der Waals surface area (Å²) in [6.45, 7) is 3.61. The summed E-state index contributed by atoms with van der Waals surface area (Å²) in [7, 11) is 6.67. The van der Waals surface area contributed by atoms with Crippen molar-refractivity contribution in [1.29, 1.82) is 0 Å². The zero-order chi connectivity index (χ0) is 10.6. The van der Waals surface area contributed by atoms with E-state index in [2.05, 4.69) is 49.2 Å². The third-order valence-electron chi connectivity index (χ3n) is 2.16. The Labute approximate surface area is 98.6 Å². The Morgan fingerprint density at radius 1 is 1.21 bits per heavy atom. The average molecular weight is 279 g/mol. The largest absolute Gasteiger partial charge is 0.335 e. The predicted octanol–water partition coefficient (Wildman–Crippen LogP) is -0.330. The number of quaternary nitrogens is 2. The van der Waals surface area contributed by atoms with Gasteiger partial charge in [0.1, 0.15) is 19.6 Å². The average Bonchev–Trinajstić information content (AvgIpc) is 2.48. The van der Waals surface area contributed by atoms with Gasteiger partial charge in [-0.3, -0.25) is 0 Å². The molecular formula is C10H19BrN2S+2. The van der Waals surface area contributed by atoms with Gasteiger partial charge in [0.2, 0.25) is 0 Å². The Morgan fingerprint density at radius 3 is 2.43 bits per heavy atom. The summed E-state index contributed by atoms with van der Waals surface area (Å²) >= 11 is 5.33. The molecule has 14 heavy (non-hydrogen) atoms. The Balaban J connectivity index is 2.30. The summed E-state index contributed by atoms with van der Waals surface area (Å²) in [6.07, 6.45) is 0. The van der Waals surface area contributed by atoms with Crippen LogP contribution < -0.4 is 9.80 Å². The van der Waals surface area contributed by atoms with E-state index in [9.17, 15) is 0 Å². The number of rotatable bonds is 5. The number of hydrogen-bond donors (Lipinski definition) is 2. The van der Waals surface area contributed by atoms with Gasteiger partial charge in [0.15, 0.2) is 0 Å². The molecule has 0 radical (unpaired) electrons. The maximum Gasteiger partial charge on any atom is 0.127 e. The minimum atomic E-state index is 1.14. The second kappa shape index (κ2) is 5.85. The molecule has 80 valence electrons. The van der Waals surface area contributed by atoms with Crippen molar-refractivity contribution in [1.82, 2.24) is 0 Å². The molecule has 0 aromatic carbocycles. The summed E-state index contributed by atoms with van der Waals surface area (Å²) in [5, 5.41) is 0. The van der Waals surface area contributed by atoms with Gasteiger partial charge in [-0.2, -0.15) is 0 Å². The Kier molecular flexibility index (Phi) is 5.09. The zero-order valence-corrected chi connectivity index (χ0v) is 11.5. The van der Waals surface area contributed by atoms with Crippen LogP contribution in [0.1, 0.15) is 4.88 Å². The molecule has 1 heterocycles. The van der Waals surface area contributed by atoms with Gasteiger partial charge in [0.25, 0.3) is 0 Å². The van der Waals surface area contributed by atoms with Crippen molar-refractivity contribution in [3.63, 3.8) is 0 Å². The molecule has 2 nitrogen and oxygen atoms in total. The van der Waals surface area contributed by atoms with E-state index >= 15 is 0 Å². The van der Waals surface area contributed by atoms with E-state index in [-0.39, 0.29) is 0 Å². The van der Waals surface area contributed by atoms with Crippen LogP contribution in [0.15, 0.2) is 15.9 Å². The molecule has 1 atom stereocenters. The molecule has 0 aliphatic rings. The van der Waals surface area contributed by atoms with E-state index in [1.54, 1.807) is 4.90 Å². The van der Waals surface area contributed by atoms with Gasteiger partial charge in [-0.15, -0.1) is 11.3 Å². The number of thiophene rings is 1. The van der Waals surface area contributed by atoms with Gasteiger partial charge in [-0.1, -0.05) is 0 Å². The lowest BCUT2D eigenvalue weighted by Gasteiger charge is -2.14. The summed E-state index contributed by atoms with van der Waals surface area (Å²) in [5.41, 5.74) is 0. The molecule has 1 unspecified atom stereocenters. The van der Waals surface area contributed by atoms with Gasteiger partial charge < -0.3 is 9.80 Å². The van der Waals surface area contributed by atoms with Gasteiger partial charge in [-0.05, 0) is 28.1 Å². The molecule has 0 amide bonds. The number of hydrogen-bond acceptors (Lipinski definition) is 1. The molecule has 0 saturated heterocycles. The van der Waals surface area contributed by atoms with Crippen LogP contribution >= 0.6 is 27.3 Å². The summed E-state index contributed by atoms with van der Waals surface area (Å²) in [5.74, 6) is 0. The van der Waals surface area contributed by atoms with Crippen LogP contribution in [0.25, 0.3) is 0 Å². The van der Waals surface area contributed by atoms with Gasteiger partial charge in [0.05, 0.1) is 29.8 Å². The SMILES string of the molecule is C[NH+](C)CC[NH+](C)Cc1ccc(Br)s1. The minimum Gasteiger partial charge on any atom is -0.335 e. The predicted molar refractivity (Wildman–Crippen MR) is 65.2 cm³/mol. The molecular weight excluding hydrogens is 260 g/mol. The first-order valence-electron chi connectivity index (χ1n) is 4.92. The fourth-order valence-electron chi connectivity index (χ4n) is 1.30. The molecule has 0 bridgehead atoms. The highest BCUT2D eigenvalue weighted by Crippen LogP contribution is 2.20. The van der Waals surface area contributed by atoms with Crippen LogP contribution in [0.3, 0.4) is 0 Å². The van der Waals surface area contributed by atoms with Crippen molar-refractivity contribution in [3.8, 4) is 0 Å². The van der Waals surface area contributed by atoms with Crippen LogP contribution in [-0.4, -0.2) is 34.2 Å². The number of nitrogens with one attached hydrogen (secondary N) is 2. The van der Waals surface area contributed by atoms with Gasteiger partial charge in [-0.25, -0.2) is 0 Å². The lowest BCUT2D eigenvalue weighted by Crippen LogP contribution is -3.15. The van der Waals surface area contributed by atoms with E-state index in [0.717, 1.165) is 6.54 Å². The topological polar surface area (TPSA) is 8.88 Å². The molecule has 0 fully saturated rings. The highest BCUT2D eigenvalue weighted by atomic mass is 79.9. The van der Waals surface area contributed by atoms with Crippen LogP contribution in [0.4, 0.5) is 0 Å². The molecule has 0 aliphatic heterocycles. The van der Waals surface area contributed by atoms with Crippen molar-refractivity contribution >= 4 is 27.3 Å². The summed E-state index contributed by atoms with van der Waals surface area (Å²) in [6, 6.07) is 4.34. The Morgan fingerprint density at radius 2 is 1.93 bits per heavy atom. The Hall–Kier alpha value is 0.1000. The normalized spacial score (nSPS) is 13.5. The minimum absolute atomic E-state index is 1.14. The Bertz CT molecular complexity index is 273. The van der Waals surface area contributed by atoms with Gasteiger partial charge in [0, 0.05) is 0 Å². The van der Waals surface area contributed by atoms with E-state index in [4.69, 9.17) is 0 Å². The maximum absolute atomic E-state index is 3.49. The van der Waals surface area contributed by atoms with Crippen molar-refractivity contribution in [2.45, 2.75) is 6.54 Å². The van der Waals surface area contributed by atoms with Crippen molar-refractivity contribution in [2.24, 2.45) is 0 Å². The molecule has 1 rings (SSSR count). The first kappa shape index (κ1) is 12.2. The van der Waals surface area contributed by atoms with Crippen LogP contribution in [0, 0.1) is 0 Å². The molecule has 4 heteroatoms.